The smallest absolute Gasteiger partial charge is 0.261 e. The van der Waals surface area contributed by atoms with Gasteiger partial charge in [0.1, 0.15) is 5.82 Å². The number of carbonyl (C=O) groups is 2. The highest BCUT2D eigenvalue weighted by Crippen LogP contribution is 2.20. The van der Waals surface area contributed by atoms with Crippen molar-refractivity contribution in [2.24, 2.45) is 0 Å². The van der Waals surface area contributed by atoms with Crippen LogP contribution in [0.2, 0.25) is 0 Å². The first-order chi connectivity index (χ1) is 12.7. The van der Waals surface area contributed by atoms with Crippen LogP contribution in [0.4, 0.5) is 0 Å². The molecule has 6 nitrogen and oxygen atoms in total. The Morgan fingerprint density at radius 3 is 2.85 bits per heavy atom. The summed E-state index contributed by atoms with van der Waals surface area (Å²) in [7, 11) is 0. The summed E-state index contributed by atoms with van der Waals surface area (Å²) in [6, 6.07) is 11.1. The summed E-state index contributed by atoms with van der Waals surface area (Å²) in [4.78, 5) is 32.7. The van der Waals surface area contributed by atoms with Crippen molar-refractivity contribution < 1.29 is 9.59 Å². The fraction of sp³-hybridized carbons (Fsp3) is 0.278. The molecule has 0 aliphatic heterocycles. The summed E-state index contributed by atoms with van der Waals surface area (Å²) in [6.45, 7) is -0.0628. The van der Waals surface area contributed by atoms with Crippen LogP contribution in [-0.2, 0) is 4.79 Å². The molecule has 2 aromatic heterocycles. The van der Waals surface area contributed by atoms with Gasteiger partial charge in [-0.3, -0.25) is 9.59 Å². The summed E-state index contributed by atoms with van der Waals surface area (Å²) in [5.74, 6) is 1.16. The van der Waals surface area contributed by atoms with E-state index in [1.165, 1.54) is 11.3 Å². The Kier molecular flexibility index (Phi) is 6.30. The van der Waals surface area contributed by atoms with E-state index in [-0.39, 0.29) is 24.4 Å². The number of benzene rings is 1. The van der Waals surface area contributed by atoms with Crippen molar-refractivity contribution in [3.63, 3.8) is 0 Å². The van der Waals surface area contributed by atoms with Gasteiger partial charge in [-0.05, 0) is 42.0 Å². The Hall–Kier alpha value is -2.32. The molecule has 0 fully saturated rings. The monoisotopic (exact) mass is 388 g/mol. The van der Waals surface area contributed by atoms with Crippen molar-refractivity contribution in [1.29, 1.82) is 0 Å². The van der Waals surface area contributed by atoms with Crippen LogP contribution in [0.25, 0.3) is 11.0 Å². The Morgan fingerprint density at radius 2 is 2.12 bits per heavy atom. The molecule has 136 valence electrons. The predicted octanol–water partition coefficient (Wildman–Crippen LogP) is 2.96. The Morgan fingerprint density at radius 1 is 1.27 bits per heavy atom. The normalized spacial score (nSPS) is 12.0. The molecule has 0 saturated carbocycles. The highest BCUT2D eigenvalue weighted by molar-refractivity contribution is 7.98. The van der Waals surface area contributed by atoms with Crippen LogP contribution in [0, 0.1) is 0 Å². The molecule has 3 rings (SSSR count). The number of carbonyl (C=O) groups excluding carboxylic acids is 2. The van der Waals surface area contributed by atoms with Crippen LogP contribution in [-0.4, -0.2) is 40.3 Å². The summed E-state index contributed by atoms with van der Waals surface area (Å²) in [6.07, 6.45) is 2.78. The zero-order chi connectivity index (χ0) is 18.4. The van der Waals surface area contributed by atoms with Gasteiger partial charge >= 0.3 is 0 Å². The topological polar surface area (TPSA) is 86.9 Å². The predicted molar refractivity (Wildman–Crippen MR) is 107 cm³/mol. The second-order valence-electron chi connectivity index (χ2n) is 5.70. The van der Waals surface area contributed by atoms with Crippen molar-refractivity contribution in [2.45, 2.75) is 12.5 Å². The summed E-state index contributed by atoms with van der Waals surface area (Å²) in [5.41, 5.74) is 1.81. The minimum atomic E-state index is -0.237. The first kappa shape index (κ1) is 18.5. The maximum absolute atomic E-state index is 12.3. The summed E-state index contributed by atoms with van der Waals surface area (Å²) in [5, 5.41) is 7.45. The number of thiophene rings is 1. The number of amides is 2. The van der Waals surface area contributed by atoms with E-state index in [0.717, 1.165) is 29.0 Å². The van der Waals surface area contributed by atoms with Crippen molar-refractivity contribution in [3.8, 4) is 0 Å². The molecule has 8 heteroatoms. The van der Waals surface area contributed by atoms with Gasteiger partial charge in [-0.25, -0.2) is 4.98 Å². The van der Waals surface area contributed by atoms with Gasteiger partial charge in [-0.1, -0.05) is 18.2 Å². The lowest BCUT2D eigenvalue weighted by Crippen LogP contribution is -2.39. The number of H-pyrrole nitrogens is 1. The maximum atomic E-state index is 12.3. The molecule has 1 atom stereocenters. The molecular formula is C18H20N4O2S2. The van der Waals surface area contributed by atoms with Crippen LogP contribution in [0.15, 0.2) is 41.8 Å². The van der Waals surface area contributed by atoms with E-state index in [2.05, 4.69) is 20.6 Å². The Labute approximate surface area is 159 Å². The first-order valence-corrected chi connectivity index (χ1v) is 10.5. The number of fused-ring (bicyclic) bond motifs is 1. The van der Waals surface area contributed by atoms with Crippen molar-refractivity contribution in [1.82, 2.24) is 20.6 Å². The molecular weight excluding hydrogens is 368 g/mol. The molecule has 3 N–H and O–H groups in total. The Bertz CT molecular complexity index is 843. The van der Waals surface area contributed by atoms with Crippen molar-refractivity contribution >= 4 is 45.9 Å². The molecule has 1 aromatic carbocycles. The largest absolute Gasteiger partial charge is 0.345 e. The zero-order valence-electron chi connectivity index (χ0n) is 14.3. The van der Waals surface area contributed by atoms with E-state index in [1.807, 2.05) is 35.9 Å². The molecule has 26 heavy (non-hydrogen) atoms. The zero-order valence-corrected chi connectivity index (χ0v) is 16.0. The van der Waals surface area contributed by atoms with Gasteiger partial charge in [0.2, 0.25) is 5.91 Å². The van der Waals surface area contributed by atoms with E-state index in [1.54, 1.807) is 23.9 Å². The van der Waals surface area contributed by atoms with Crippen LogP contribution < -0.4 is 10.6 Å². The fourth-order valence-corrected chi connectivity index (χ4v) is 3.66. The van der Waals surface area contributed by atoms with Gasteiger partial charge in [-0.2, -0.15) is 11.8 Å². The second-order valence-corrected chi connectivity index (χ2v) is 7.63. The molecule has 0 unspecified atom stereocenters. The maximum Gasteiger partial charge on any atom is 0.261 e. The third kappa shape index (κ3) is 4.64. The minimum absolute atomic E-state index is 0.0628. The number of para-hydroxylation sites is 2. The van der Waals surface area contributed by atoms with E-state index < -0.39 is 0 Å². The van der Waals surface area contributed by atoms with Crippen LogP contribution in [0.1, 0.15) is 28.0 Å². The number of nitrogens with zero attached hydrogens (tertiary/aromatic N) is 1. The van der Waals surface area contributed by atoms with Crippen molar-refractivity contribution in [2.75, 3.05) is 18.6 Å². The highest BCUT2D eigenvalue weighted by Gasteiger charge is 2.18. The average Bonchev–Trinajstić information content (AvgIpc) is 3.32. The minimum Gasteiger partial charge on any atom is -0.345 e. The van der Waals surface area contributed by atoms with Gasteiger partial charge in [0.15, 0.2) is 0 Å². The number of hydrogen-bond donors (Lipinski definition) is 3. The molecule has 0 aliphatic carbocycles. The molecule has 0 saturated heterocycles. The molecule has 0 radical (unpaired) electrons. The SMILES string of the molecule is CSCC[C@H](NC(=O)CNC(=O)c1cccs1)c1nc2ccccc2[nH]1. The van der Waals surface area contributed by atoms with Gasteiger partial charge < -0.3 is 15.6 Å². The van der Waals surface area contributed by atoms with E-state index in [0.29, 0.717) is 4.88 Å². The van der Waals surface area contributed by atoms with Gasteiger partial charge in [0, 0.05) is 0 Å². The molecule has 2 heterocycles. The van der Waals surface area contributed by atoms with E-state index in [4.69, 9.17) is 0 Å². The number of aromatic nitrogens is 2. The van der Waals surface area contributed by atoms with Crippen LogP contribution in [0.5, 0.6) is 0 Å². The van der Waals surface area contributed by atoms with Gasteiger partial charge in [-0.15, -0.1) is 11.3 Å². The Balaban J connectivity index is 1.63. The quantitative estimate of drug-likeness (QED) is 0.554. The molecule has 0 spiro atoms. The van der Waals surface area contributed by atoms with Gasteiger partial charge in [0.25, 0.3) is 5.91 Å². The molecule has 0 aliphatic rings. The lowest BCUT2D eigenvalue weighted by Gasteiger charge is -2.16. The molecule has 3 aromatic rings. The standard InChI is InChI=1S/C18H20N4O2S2/c1-25-10-8-14(17-21-12-5-2-3-6-13(12)22-17)20-16(23)11-19-18(24)15-7-4-9-26-15/h2-7,9,14H,8,10-11H2,1H3,(H,19,24)(H,20,23)(H,21,22)/t14-/m0/s1. The number of nitrogens with one attached hydrogen (secondary N) is 3. The van der Waals surface area contributed by atoms with Gasteiger partial charge in [0.05, 0.1) is 28.5 Å². The first-order valence-electron chi connectivity index (χ1n) is 8.22. The number of aromatic amines is 1. The second kappa shape index (κ2) is 8.86. The summed E-state index contributed by atoms with van der Waals surface area (Å²) >= 11 is 3.06. The highest BCUT2D eigenvalue weighted by atomic mass is 32.2. The molecule has 2 amide bonds. The number of rotatable bonds is 8. The third-order valence-corrected chi connectivity index (χ3v) is 5.35. The van der Waals surface area contributed by atoms with Crippen LogP contribution in [0.3, 0.4) is 0 Å². The van der Waals surface area contributed by atoms with Crippen LogP contribution >= 0.6 is 23.1 Å². The van der Waals surface area contributed by atoms with E-state index in [9.17, 15) is 9.59 Å². The number of imidazole rings is 1. The fourth-order valence-electron chi connectivity index (χ4n) is 2.55. The number of hydrogen-bond acceptors (Lipinski definition) is 5. The molecule has 0 bridgehead atoms. The lowest BCUT2D eigenvalue weighted by molar-refractivity contribution is -0.120. The van der Waals surface area contributed by atoms with Crippen molar-refractivity contribution in [3.05, 3.63) is 52.5 Å². The average molecular weight is 389 g/mol. The van der Waals surface area contributed by atoms with E-state index >= 15 is 0 Å². The third-order valence-electron chi connectivity index (χ3n) is 3.84. The lowest BCUT2D eigenvalue weighted by atomic mass is 10.2. The number of thioether (sulfide) groups is 1. The summed E-state index contributed by atoms with van der Waals surface area (Å²) < 4.78 is 0.